The van der Waals surface area contributed by atoms with Gasteiger partial charge in [0.05, 0.1) is 6.04 Å². The molecule has 0 spiro atoms. The third kappa shape index (κ3) is 9.94. The molecule has 0 unspecified atom stereocenters. The second-order valence-corrected chi connectivity index (χ2v) is 14.8. The van der Waals surface area contributed by atoms with E-state index in [-0.39, 0.29) is 60.6 Å². The minimum atomic E-state index is -0.871. The molecule has 5 rings (SSSR count). The Hall–Kier alpha value is -5.39. The summed E-state index contributed by atoms with van der Waals surface area (Å²) in [5.41, 5.74) is 1.41. The van der Waals surface area contributed by atoms with Crippen LogP contribution in [0.4, 0.5) is 8.78 Å². The van der Waals surface area contributed by atoms with Gasteiger partial charge < -0.3 is 25.0 Å². The lowest BCUT2D eigenvalue weighted by Crippen LogP contribution is -2.58. The molecule has 1 aliphatic heterocycles. The molecule has 1 saturated heterocycles. The molecular formula is C41H48F2N6O4. The molecule has 1 aliphatic rings. The van der Waals surface area contributed by atoms with E-state index in [0.29, 0.717) is 30.5 Å². The summed E-state index contributed by atoms with van der Waals surface area (Å²) in [5.74, 6) is -2.26. The van der Waals surface area contributed by atoms with Crippen LogP contribution in [0, 0.1) is 23.0 Å². The van der Waals surface area contributed by atoms with Crippen molar-refractivity contribution in [3.63, 3.8) is 0 Å². The summed E-state index contributed by atoms with van der Waals surface area (Å²) in [4.78, 5) is 63.0. The number of hydrogen-bond donors (Lipinski definition) is 2. The molecule has 280 valence electrons. The minimum Gasteiger partial charge on any atom is -0.347 e. The number of likely N-dealkylation sites (tertiary alicyclic amines) is 1. The number of aromatic nitrogens is 2. The number of halogens is 2. The van der Waals surface area contributed by atoms with Crippen LogP contribution < -0.4 is 10.6 Å². The minimum absolute atomic E-state index is 0.100. The van der Waals surface area contributed by atoms with Crippen LogP contribution in [0.25, 0.3) is 5.69 Å². The summed E-state index contributed by atoms with van der Waals surface area (Å²) < 4.78 is 29.0. The molecule has 53 heavy (non-hydrogen) atoms. The maximum Gasteiger partial charge on any atom is 0.274 e. The van der Waals surface area contributed by atoms with Gasteiger partial charge in [0.15, 0.2) is 0 Å². The van der Waals surface area contributed by atoms with Crippen molar-refractivity contribution in [3.05, 3.63) is 120 Å². The van der Waals surface area contributed by atoms with Gasteiger partial charge in [-0.1, -0.05) is 65.0 Å². The maximum absolute atomic E-state index is 14.6. The maximum atomic E-state index is 14.6. The monoisotopic (exact) mass is 726 g/mol. The molecule has 4 amide bonds. The number of rotatable bonds is 13. The molecule has 4 aromatic rings. The highest BCUT2D eigenvalue weighted by atomic mass is 19.1. The summed E-state index contributed by atoms with van der Waals surface area (Å²) in [7, 11) is 0. The van der Waals surface area contributed by atoms with Gasteiger partial charge in [0, 0.05) is 49.0 Å². The summed E-state index contributed by atoms with van der Waals surface area (Å²) in [6, 6.07) is 18.8. The first kappa shape index (κ1) is 38.8. The predicted molar refractivity (Wildman–Crippen MR) is 198 cm³/mol. The average Bonchev–Trinajstić information content (AvgIpc) is 3.80. The Labute approximate surface area is 309 Å². The number of nitrogens with zero attached hydrogens (tertiary/aromatic N) is 4. The molecule has 0 radical (unpaired) electrons. The van der Waals surface area contributed by atoms with Gasteiger partial charge in [-0.15, -0.1) is 0 Å². The van der Waals surface area contributed by atoms with E-state index in [1.807, 2.05) is 40.7 Å². The number of hydrogen-bond acceptors (Lipinski definition) is 5. The lowest BCUT2D eigenvalue weighted by molar-refractivity contribution is -0.141. The van der Waals surface area contributed by atoms with Crippen LogP contribution in [0.3, 0.4) is 0 Å². The third-order valence-electron chi connectivity index (χ3n) is 9.76. The van der Waals surface area contributed by atoms with E-state index >= 15 is 0 Å². The zero-order chi connectivity index (χ0) is 38.3. The van der Waals surface area contributed by atoms with Crippen molar-refractivity contribution in [3.8, 4) is 5.69 Å². The molecule has 4 atom stereocenters. The van der Waals surface area contributed by atoms with Crippen LogP contribution in [0.1, 0.15) is 73.9 Å². The molecule has 1 aromatic heterocycles. The highest BCUT2D eigenvalue weighted by molar-refractivity contribution is 5.95. The number of carbonyl (C=O) groups is 4. The van der Waals surface area contributed by atoms with Crippen molar-refractivity contribution >= 4 is 23.6 Å². The van der Waals surface area contributed by atoms with Crippen molar-refractivity contribution in [1.82, 2.24) is 30.0 Å². The van der Waals surface area contributed by atoms with Crippen molar-refractivity contribution < 1.29 is 28.0 Å². The fourth-order valence-corrected chi connectivity index (χ4v) is 6.40. The molecule has 3 aromatic carbocycles. The van der Waals surface area contributed by atoms with E-state index in [9.17, 15) is 28.0 Å². The van der Waals surface area contributed by atoms with Gasteiger partial charge in [-0.2, -0.15) is 0 Å². The zero-order valence-electron chi connectivity index (χ0n) is 30.9. The third-order valence-corrected chi connectivity index (χ3v) is 9.76. The number of benzene rings is 3. The van der Waals surface area contributed by atoms with Gasteiger partial charge >= 0.3 is 0 Å². The second-order valence-electron chi connectivity index (χ2n) is 14.8. The van der Waals surface area contributed by atoms with Crippen LogP contribution in [-0.4, -0.2) is 80.7 Å². The largest absolute Gasteiger partial charge is 0.347 e. The molecule has 0 bridgehead atoms. The SMILES string of the molecule is CC[C@@H](C)C(=O)N[C@H](C(=O)N1C[C@@H](NC(=O)c2ccccc2)C[C@H]1CN(CCc1ccc(F)cc1)C(=O)c1cn(-c2ccc(F)cc2)cn1)C(C)(C)C. The van der Waals surface area contributed by atoms with Gasteiger partial charge in [0.25, 0.3) is 11.8 Å². The van der Waals surface area contributed by atoms with Crippen LogP contribution in [0.2, 0.25) is 0 Å². The van der Waals surface area contributed by atoms with E-state index in [1.54, 1.807) is 69.1 Å². The number of nitrogens with one attached hydrogen (secondary N) is 2. The molecule has 2 N–H and O–H groups in total. The quantitative estimate of drug-likeness (QED) is 0.181. The Morgan fingerprint density at radius 1 is 0.943 bits per heavy atom. The summed E-state index contributed by atoms with van der Waals surface area (Å²) in [6.07, 6.45) is 4.41. The molecular weight excluding hydrogens is 678 g/mol. The lowest BCUT2D eigenvalue weighted by atomic mass is 9.85. The summed E-state index contributed by atoms with van der Waals surface area (Å²) in [5, 5.41) is 6.07. The van der Waals surface area contributed by atoms with Crippen LogP contribution in [0.5, 0.6) is 0 Å². The van der Waals surface area contributed by atoms with E-state index in [0.717, 1.165) is 5.56 Å². The Bertz CT molecular complexity index is 1870. The topological polar surface area (TPSA) is 117 Å². The van der Waals surface area contributed by atoms with Crippen molar-refractivity contribution in [2.24, 2.45) is 11.3 Å². The van der Waals surface area contributed by atoms with Gasteiger partial charge in [-0.25, -0.2) is 13.8 Å². The van der Waals surface area contributed by atoms with Gasteiger partial charge in [-0.3, -0.25) is 19.2 Å². The average molecular weight is 727 g/mol. The van der Waals surface area contributed by atoms with Crippen molar-refractivity contribution in [2.45, 2.75) is 72.0 Å². The highest BCUT2D eigenvalue weighted by Gasteiger charge is 2.44. The molecule has 12 heteroatoms. The van der Waals surface area contributed by atoms with Crippen LogP contribution in [-0.2, 0) is 16.0 Å². The van der Waals surface area contributed by atoms with Crippen LogP contribution in [0.15, 0.2) is 91.4 Å². The van der Waals surface area contributed by atoms with Crippen molar-refractivity contribution in [1.29, 1.82) is 0 Å². The molecule has 0 saturated carbocycles. The fraction of sp³-hybridized carbons (Fsp3) is 0.390. The van der Waals surface area contributed by atoms with Crippen molar-refractivity contribution in [2.75, 3.05) is 19.6 Å². The first-order valence-corrected chi connectivity index (χ1v) is 18.0. The predicted octanol–water partition coefficient (Wildman–Crippen LogP) is 5.81. The standard InChI is InChI=1S/C41H48F2N6O4/c1-6-27(2)37(50)46-36(41(3,4)5)40(53)49-23-32(45-38(51)29-10-8-7-9-11-29)22-34(49)24-47(21-20-28-12-14-30(42)15-13-28)39(52)35-25-48(26-44-35)33-18-16-31(43)17-19-33/h7-19,25-27,32,34,36H,6,20-24H2,1-5H3,(H,45,51)(H,46,50)/t27-,32+,34+,36-/m1/s1. The smallest absolute Gasteiger partial charge is 0.274 e. The summed E-state index contributed by atoms with van der Waals surface area (Å²) in [6.45, 7) is 9.90. The Balaban J connectivity index is 1.46. The number of carbonyl (C=O) groups excluding carboxylic acids is 4. The van der Waals surface area contributed by atoms with E-state index in [1.165, 1.54) is 30.6 Å². The normalized spacial score (nSPS) is 16.8. The summed E-state index contributed by atoms with van der Waals surface area (Å²) >= 11 is 0. The fourth-order valence-electron chi connectivity index (χ4n) is 6.40. The Morgan fingerprint density at radius 3 is 2.21 bits per heavy atom. The van der Waals surface area contributed by atoms with Crippen LogP contribution >= 0.6 is 0 Å². The zero-order valence-corrected chi connectivity index (χ0v) is 30.9. The highest BCUT2D eigenvalue weighted by Crippen LogP contribution is 2.28. The Kier molecular flexibility index (Phi) is 12.4. The van der Waals surface area contributed by atoms with Gasteiger partial charge in [0.1, 0.15) is 29.7 Å². The van der Waals surface area contributed by atoms with E-state index in [2.05, 4.69) is 15.6 Å². The number of amides is 4. The van der Waals surface area contributed by atoms with E-state index in [4.69, 9.17) is 0 Å². The number of imidazole rings is 1. The second kappa shape index (κ2) is 17.0. The Morgan fingerprint density at radius 2 is 1.58 bits per heavy atom. The van der Waals surface area contributed by atoms with Gasteiger partial charge in [0.2, 0.25) is 11.8 Å². The lowest BCUT2D eigenvalue weighted by Gasteiger charge is -2.37. The van der Waals surface area contributed by atoms with Gasteiger partial charge in [-0.05, 0) is 78.8 Å². The molecule has 10 nitrogen and oxygen atoms in total. The molecule has 2 heterocycles. The molecule has 1 fully saturated rings. The molecule has 0 aliphatic carbocycles. The first-order valence-electron chi connectivity index (χ1n) is 18.0. The first-order chi connectivity index (χ1) is 25.2. The van der Waals surface area contributed by atoms with E-state index < -0.39 is 29.4 Å².